The number of thiazole rings is 1. The Morgan fingerprint density at radius 2 is 2.04 bits per heavy atom. The largest absolute Gasteiger partial charge is 0.467 e. The first-order valence-electron chi connectivity index (χ1n) is 8.20. The fraction of sp³-hybridized carbons (Fsp3) is 0.529. The molecule has 0 bridgehead atoms. The molecule has 23 heavy (non-hydrogen) atoms. The number of fused-ring (bicyclic) bond motifs is 1. The van der Waals surface area contributed by atoms with Crippen LogP contribution in [-0.2, 0) is 4.79 Å². The van der Waals surface area contributed by atoms with Crippen molar-refractivity contribution in [2.75, 3.05) is 13.1 Å². The average molecular weight is 334 g/mol. The van der Waals surface area contributed by atoms with Crippen LogP contribution in [0.5, 0.6) is 5.19 Å². The van der Waals surface area contributed by atoms with Gasteiger partial charge in [0.05, 0.1) is 10.2 Å². The zero-order chi connectivity index (χ0) is 15.8. The van der Waals surface area contributed by atoms with E-state index in [0.29, 0.717) is 11.1 Å². The number of hydrogen-bond donors (Lipinski definition) is 0. The highest BCUT2D eigenvalue weighted by Gasteiger charge is 2.32. The summed E-state index contributed by atoms with van der Waals surface area (Å²) >= 11 is 1.38. The van der Waals surface area contributed by atoms with Gasteiger partial charge in [-0.3, -0.25) is 4.79 Å². The van der Waals surface area contributed by atoms with Gasteiger partial charge >= 0.3 is 0 Å². The standard InChI is InChI=1S/C17H19FN2O2S/c18-12-4-5-14-15(10-12)23-17(19-14)22-13-6-8-20(9-7-13)16(21)11-2-1-3-11/h4-5,10-11,13H,1-3,6-9H2. The second-order valence-electron chi connectivity index (χ2n) is 6.36. The lowest BCUT2D eigenvalue weighted by Gasteiger charge is -2.36. The number of hydrogen-bond acceptors (Lipinski definition) is 4. The first kappa shape index (κ1) is 14.9. The second kappa shape index (κ2) is 6.07. The molecule has 6 heteroatoms. The molecule has 1 aliphatic carbocycles. The van der Waals surface area contributed by atoms with Crippen LogP contribution in [0.15, 0.2) is 18.2 Å². The third-order valence-electron chi connectivity index (χ3n) is 4.81. The number of amides is 1. The van der Waals surface area contributed by atoms with Crippen molar-refractivity contribution in [2.24, 2.45) is 5.92 Å². The quantitative estimate of drug-likeness (QED) is 0.861. The molecule has 2 aromatic rings. The minimum absolute atomic E-state index is 0.0887. The van der Waals surface area contributed by atoms with Crippen molar-refractivity contribution >= 4 is 27.5 Å². The Morgan fingerprint density at radius 3 is 2.74 bits per heavy atom. The number of likely N-dealkylation sites (tertiary alicyclic amines) is 1. The Morgan fingerprint density at radius 1 is 1.26 bits per heavy atom. The Labute approximate surface area is 138 Å². The molecule has 122 valence electrons. The number of halogens is 1. The van der Waals surface area contributed by atoms with Gasteiger partial charge in [0.25, 0.3) is 5.19 Å². The molecular formula is C17H19FN2O2S. The lowest BCUT2D eigenvalue weighted by atomic mass is 9.84. The van der Waals surface area contributed by atoms with Crippen LogP contribution in [-0.4, -0.2) is 35.0 Å². The van der Waals surface area contributed by atoms with Crippen LogP contribution in [0.4, 0.5) is 4.39 Å². The van der Waals surface area contributed by atoms with Gasteiger partial charge in [-0.1, -0.05) is 17.8 Å². The summed E-state index contributed by atoms with van der Waals surface area (Å²) in [6.45, 7) is 1.53. The zero-order valence-electron chi connectivity index (χ0n) is 12.8. The summed E-state index contributed by atoms with van der Waals surface area (Å²) in [7, 11) is 0. The molecule has 4 rings (SSSR count). The van der Waals surface area contributed by atoms with Crippen molar-refractivity contribution < 1.29 is 13.9 Å². The number of ether oxygens (including phenoxy) is 1. The summed E-state index contributed by atoms with van der Waals surface area (Å²) in [4.78, 5) is 18.6. The molecule has 0 spiro atoms. The Bertz CT molecular complexity index is 720. The number of rotatable bonds is 3. The predicted molar refractivity (Wildman–Crippen MR) is 87.1 cm³/mol. The highest BCUT2D eigenvalue weighted by atomic mass is 32.1. The maximum absolute atomic E-state index is 13.2. The van der Waals surface area contributed by atoms with Gasteiger partial charge in [0.1, 0.15) is 11.9 Å². The lowest BCUT2D eigenvalue weighted by Crippen LogP contribution is -2.45. The second-order valence-corrected chi connectivity index (χ2v) is 7.36. The van der Waals surface area contributed by atoms with Crippen LogP contribution >= 0.6 is 11.3 Å². The van der Waals surface area contributed by atoms with Crippen molar-refractivity contribution in [3.63, 3.8) is 0 Å². The minimum Gasteiger partial charge on any atom is -0.467 e. The molecule has 2 aliphatic rings. The van der Waals surface area contributed by atoms with Gasteiger partial charge < -0.3 is 9.64 Å². The van der Waals surface area contributed by atoms with E-state index >= 15 is 0 Å². The van der Waals surface area contributed by atoms with Crippen LogP contribution in [0.3, 0.4) is 0 Å². The molecule has 4 nitrogen and oxygen atoms in total. The fourth-order valence-corrected chi connectivity index (χ4v) is 4.08. The van der Waals surface area contributed by atoms with Gasteiger partial charge in [0, 0.05) is 31.8 Å². The molecule has 2 fully saturated rings. The summed E-state index contributed by atoms with van der Waals surface area (Å²) in [6.07, 6.45) is 5.06. The molecule has 0 N–H and O–H groups in total. The minimum atomic E-state index is -0.254. The molecule has 1 amide bonds. The van der Waals surface area contributed by atoms with Gasteiger partial charge in [-0.25, -0.2) is 9.37 Å². The van der Waals surface area contributed by atoms with Crippen molar-refractivity contribution in [1.29, 1.82) is 0 Å². The van der Waals surface area contributed by atoms with Crippen molar-refractivity contribution in [3.05, 3.63) is 24.0 Å². The van der Waals surface area contributed by atoms with Gasteiger partial charge in [0.2, 0.25) is 5.91 Å². The van der Waals surface area contributed by atoms with Crippen molar-refractivity contribution in [1.82, 2.24) is 9.88 Å². The van der Waals surface area contributed by atoms with E-state index in [2.05, 4.69) is 4.98 Å². The first-order valence-corrected chi connectivity index (χ1v) is 9.02. The topological polar surface area (TPSA) is 42.4 Å². The molecule has 1 aromatic heterocycles. The third-order valence-corrected chi connectivity index (χ3v) is 5.72. The van der Waals surface area contributed by atoms with Crippen LogP contribution < -0.4 is 4.74 Å². The van der Waals surface area contributed by atoms with E-state index in [9.17, 15) is 9.18 Å². The normalized spacial score (nSPS) is 19.8. The number of benzene rings is 1. The zero-order valence-corrected chi connectivity index (χ0v) is 13.7. The van der Waals surface area contributed by atoms with E-state index in [-0.39, 0.29) is 17.8 Å². The maximum Gasteiger partial charge on any atom is 0.274 e. The maximum atomic E-state index is 13.2. The molecule has 0 radical (unpaired) electrons. The summed E-state index contributed by atoms with van der Waals surface area (Å²) < 4.78 is 20.0. The van der Waals surface area contributed by atoms with Crippen molar-refractivity contribution in [3.8, 4) is 5.19 Å². The average Bonchev–Trinajstić information content (AvgIpc) is 2.87. The number of carbonyl (C=O) groups excluding carboxylic acids is 1. The Balaban J connectivity index is 1.35. The SMILES string of the molecule is O=C(C1CCC1)N1CCC(Oc2nc3ccc(F)cc3s2)CC1. The molecule has 0 atom stereocenters. The number of carbonyl (C=O) groups is 1. The molecule has 1 saturated heterocycles. The number of nitrogens with zero attached hydrogens (tertiary/aromatic N) is 2. The summed E-state index contributed by atoms with van der Waals surface area (Å²) in [5.41, 5.74) is 0.768. The molecule has 1 aliphatic heterocycles. The Kier molecular flexibility index (Phi) is 3.93. The highest BCUT2D eigenvalue weighted by Crippen LogP contribution is 2.32. The summed E-state index contributed by atoms with van der Waals surface area (Å²) in [6, 6.07) is 4.57. The number of piperidine rings is 1. The van der Waals surface area contributed by atoms with Crippen LogP contribution in [0.2, 0.25) is 0 Å². The van der Waals surface area contributed by atoms with Gasteiger partial charge in [0.15, 0.2) is 0 Å². The van der Waals surface area contributed by atoms with Crippen LogP contribution in [0, 0.1) is 11.7 Å². The van der Waals surface area contributed by atoms with Crippen LogP contribution in [0.25, 0.3) is 10.2 Å². The molecule has 1 saturated carbocycles. The number of aromatic nitrogens is 1. The third kappa shape index (κ3) is 3.04. The Hall–Kier alpha value is -1.69. The smallest absolute Gasteiger partial charge is 0.274 e. The summed E-state index contributed by atoms with van der Waals surface area (Å²) in [5.74, 6) is 0.340. The monoisotopic (exact) mass is 334 g/mol. The fourth-order valence-electron chi connectivity index (χ4n) is 3.18. The van der Waals surface area contributed by atoms with E-state index in [4.69, 9.17) is 4.74 Å². The van der Waals surface area contributed by atoms with Crippen LogP contribution in [0.1, 0.15) is 32.1 Å². The van der Waals surface area contributed by atoms with Gasteiger partial charge in [-0.05, 0) is 31.0 Å². The van der Waals surface area contributed by atoms with Crippen molar-refractivity contribution in [2.45, 2.75) is 38.2 Å². The highest BCUT2D eigenvalue weighted by molar-refractivity contribution is 7.20. The first-order chi connectivity index (χ1) is 11.2. The summed E-state index contributed by atoms with van der Waals surface area (Å²) in [5, 5.41) is 0.592. The molecule has 2 heterocycles. The van der Waals surface area contributed by atoms with Gasteiger partial charge in [-0.2, -0.15) is 0 Å². The van der Waals surface area contributed by atoms with E-state index in [0.717, 1.165) is 49.0 Å². The van der Waals surface area contributed by atoms with E-state index in [1.807, 2.05) is 4.90 Å². The predicted octanol–water partition coefficient (Wildman–Crippen LogP) is 3.61. The molecule has 1 aromatic carbocycles. The van der Waals surface area contributed by atoms with Gasteiger partial charge in [-0.15, -0.1) is 0 Å². The molecule has 0 unspecified atom stereocenters. The van der Waals surface area contributed by atoms with E-state index in [1.165, 1.54) is 29.9 Å². The van der Waals surface area contributed by atoms with E-state index < -0.39 is 0 Å². The molecular weight excluding hydrogens is 315 g/mol. The van der Waals surface area contributed by atoms with E-state index in [1.54, 1.807) is 6.07 Å². The lowest BCUT2D eigenvalue weighted by molar-refractivity contribution is -0.140.